The van der Waals surface area contributed by atoms with E-state index in [2.05, 4.69) is 20.9 Å². The Morgan fingerprint density at radius 3 is 2.15 bits per heavy atom. The van der Waals surface area contributed by atoms with Gasteiger partial charge in [-0.1, -0.05) is 63.4 Å². The van der Waals surface area contributed by atoms with Crippen LogP contribution in [0.3, 0.4) is 0 Å². The number of aliphatic hydroxyl groups is 1. The maximum atomic E-state index is 14.1. The lowest BCUT2D eigenvalue weighted by Crippen LogP contribution is -2.64. The molecule has 0 spiro atoms. The normalized spacial score (nSPS) is 22.7. The molecule has 0 unspecified atom stereocenters. The highest BCUT2D eigenvalue weighted by Gasteiger charge is 2.46. The molecule has 1 aliphatic heterocycles. The van der Waals surface area contributed by atoms with E-state index in [1.807, 2.05) is 69.9 Å². The van der Waals surface area contributed by atoms with Crippen LogP contribution >= 0.6 is 0 Å². The monoisotopic (exact) mass is 691 g/mol. The van der Waals surface area contributed by atoms with Gasteiger partial charge in [0.1, 0.15) is 6.04 Å². The van der Waals surface area contributed by atoms with Crippen LogP contribution in [0.2, 0.25) is 0 Å². The molecule has 3 rings (SSSR count). The fourth-order valence-corrected chi connectivity index (χ4v) is 7.63. The highest BCUT2D eigenvalue weighted by molar-refractivity contribution is 7.92. The van der Waals surface area contributed by atoms with Crippen LogP contribution in [-0.4, -0.2) is 115 Å². The Kier molecular flexibility index (Phi) is 14.1. The lowest BCUT2D eigenvalue weighted by molar-refractivity contribution is -0.133. The van der Waals surface area contributed by atoms with Crippen molar-refractivity contribution in [3.63, 3.8) is 0 Å². The molecule has 1 heterocycles. The van der Waals surface area contributed by atoms with E-state index in [4.69, 9.17) is 0 Å². The fourth-order valence-electron chi connectivity index (χ4n) is 7.04. The van der Waals surface area contributed by atoms with E-state index in [0.29, 0.717) is 31.5 Å². The molecule has 2 aliphatic rings. The van der Waals surface area contributed by atoms with Gasteiger partial charge in [-0.2, -0.15) is 0 Å². The van der Waals surface area contributed by atoms with E-state index in [1.165, 1.54) is 20.3 Å². The maximum absolute atomic E-state index is 14.1. The quantitative estimate of drug-likeness (QED) is 0.220. The second-order valence-electron chi connectivity index (χ2n) is 15.5. The predicted octanol–water partition coefficient (Wildman–Crippen LogP) is 2.52. The average Bonchev–Trinajstić information content (AvgIpc) is 3.00. The summed E-state index contributed by atoms with van der Waals surface area (Å²) >= 11 is 0. The smallest absolute Gasteiger partial charge is 0.244 e. The van der Waals surface area contributed by atoms with Gasteiger partial charge in [-0.15, -0.1) is 0 Å². The van der Waals surface area contributed by atoms with E-state index >= 15 is 0 Å². The summed E-state index contributed by atoms with van der Waals surface area (Å²) < 4.78 is 24.3. The number of piperidine rings is 1. The first-order chi connectivity index (χ1) is 22.4. The number of hydrogen-bond acceptors (Lipinski definition) is 8. The van der Waals surface area contributed by atoms with Crippen LogP contribution < -0.4 is 16.0 Å². The number of aliphatic hydroxyl groups excluding tert-OH is 1. The zero-order valence-electron chi connectivity index (χ0n) is 30.4. The van der Waals surface area contributed by atoms with Gasteiger partial charge in [-0.25, -0.2) is 8.42 Å². The van der Waals surface area contributed by atoms with Crippen molar-refractivity contribution in [2.45, 2.75) is 122 Å². The largest absolute Gasteiger partial charge is 0.390 e. The maximum Gasteiger partial charge on any atom is 0.244 e. The molecule has 0 aromatic heterocycles. The molecule has 48 heavy (non-hydrogen) atoms. The number of hydrogen-bond donors (Lipinski definition) is 4. The second kappa shape index (κ2) is 16.9. The number of fused-ring (bicyclic) bond motifs is 1. The summed E-state index contributed by atoms with van der Waals surface area (Å²) in [6, 6.07) is 6.80. The lowest BCUT2D eigenvalue weighted by Gasteiger charge is -2.47. The van der Waals surface area contributed by atoms with Gasteiger partial charge in [0.25, 0.3) is 0 Å². The van der Waals surface area contributed by atoms with Crippen molar-refractivity contribution >= 4 is 27.6 Å². The Morgan fingerprint density at radius 1 is 0.979 bits per heavy atom. The molecule has 1 aliphatic carbocycles. The molecule has 1 saturated carbocycles. The third kappa shape index (κ3) is 11.0. The van der Waals surface area contributed by atoms with Crippen molar-refractivity contribution < 1.29 is 27.9 Å². The molecule has 272 valence electrons. The summed E-state index contributed by atoms with van der Waals surface area (Å²) in [5.41, 5.74) is 0.463. The molecule has 2 fully saturated rings. The summed E-state index contributed by atoms with van der Waals surface area (Å²) in [5.74, 6) is -0.312. The zero-order chi connectivity index (χ0) is 35.9. The summed E-state index contributed by atoms with van der Waals surface area (Å²) in [5, 5.41) is 20.7. The van der Waals surface area contributed by atoms with Gasteiger partial charge in [0.15, 0.2) is 9.84 Å². The Morgan fingerprint density at radius 2 is 1.58 bits per heavy atom. The number of nitrogens with zero attached hydrogens (tertiary/aromatic N) is 2. The third-order valence-corrected chi connectivity index (χ3v) is 12.4. The first kappa shape index (κ1) is 39.9. The summed E-state index contributed by atoms with van der Waals surface area (Å²) in [7, 11) is -3.82. The highest BCUT2D eigenvalue weighted by Crippen LogP contribution is 2.39. The summed E-state index contributed by atoms with van der Waals surface area (Å²) in [6.45, 7) is 14.7. The van der Waals surface area contributed by atoms with Gasteiger partial charge in [0, 0.05) is 24.9 Å². The minimum atomic E-state index is -3.82. The number of sulfone groups is 1. The number of likely N-dealkylation sites (tertiary alicyclic amines) is 1. The number of benzene rings is 1. The molecule has 11 nitrogen and oxygen atoms in total. The van der Waals surface area contributed by atoms with Crippen molar-refractivity contribution in [1.82, 2.24) is 25.8 Å². The molecule has 0 bridgehead atoms. The summed E-state index contributed by atoms with van der Waals surface area (Å²) in [6.07, 6.45) is 5.46. The van der Waals surface area contributed by atoms with Gasteiger partial charge in [-0.05, 0) is 84.4 Å². The molecule has 3 amide bonds. The average molecular weight is 692 g/mol. The fraction of sp³-hybridized carbons (Fsp3) is 0.750. The molecule has 6 atom stereocenters. The molecule has 0 radical (unpaired) electrons. The van der Waals surface area contributed by atoms with Crippen molar-refractivity contribution in [1.29, 1.82) is 0 Å². The van der Waals surface area contributed by atoms with Gasteiger partial charge < -0.3 is 21.1 Å². The number of β-amino-alcohol motifs (C(OH)–C–C–N with tert-alkyl or cyclic N) is 1. The van der Waals surface area contributed by atoms with Crippen LogP contribution in [0.5, 0.6) is 0 Å². The third-order valence-electron chi connectivity index (χ3n) is 10.3. The van der Waals surface area contributed by atoms with E-state index in [1.54, 1.807) is 0 Å². The Hall–Kier alpha value is -2.54. The van der Waals surface area contributed by atoms with Crippen LogP contribution in [0.25, 0.3) is 0 Å². The number of carbonyl (C=O) groups is 3. The van der Waals surface area contributed by atoms with Crippen LogP contribution in [-0.2, 0) is 30.6 Å². The van der Waals surface area contributed by atoms with Gasteiger partial charge >= 0.3 is 0 Å². The highest BCUT2D eigenvalue weighted by atomic mass is 32.2. The Bertz CT molecular complexity index is 1330. The molecule has 1 aromatic rings. The number of rotatable bonds is 15. The molecular formula is C36H61N5O6S. The number of amides is 3. The number of carbonyl (C=O) groups excluding carboxylic acids is 3. The molecule has 4 N–H and O–H groups in total. The summed E-state index contributed by atoms with van der Waals surface area (Å²) in [4.78, 5) is 44.8. The van der Waals surface area contributed by atoms with Gasteiger partial charge in [0.2, 0.25) is 17.7 Å². The van der Waals surface area contributed by atoms with E-state index in [0.717, 1.165) is 37.5 Å². The zero-order valence-corrected chi connectivity index (χ0v) is 31.2. The van der Waals surface area contributed by atoms with Crippen LogP contribution in [0.1, 0.15) is 86.1 Å². The molecule has 12 heteroatoms. The first-order valence-electron chi connectivity index (χ1n) is 17.7. The topological polar surface area (TPSA) is 148 Å². The lowest BCUT2D eigenvalue weighted by atomic mass is 9.72. The molecular weight excluding hydrogens is 630 g/mol. The Balaban J connectivity index is 1.92. The van der Waals surface area contributed by atoms with E-state index < -0.39 is 56.2 Å². The van der Waals surface area contributed by atoms with Crippen LogP contribution in [0.15, 0.2) is 30.3 Å². The van der Waals surface area contributed by atoms with Crippen molar-refractivity contribution in [2.75, 3.05) is 39.0 Å². The number of likely N-dealkylation sites (N-methyl/N-ethyl adjacent to an activating group) is 1. The van der Waals surface area contributed by atoms with Crippen molar-refractivity contribution in [3.05, 3.63) is 35.9 Å². The SMILES string of the molecule is CCN(CC)CC(=O)N[C@H](C(=O)N[C@@H](Cc1ccccc1)[C@H](O)CN1C[C@H]2CCCC[C@H]2C[C@H]1C(=O)NC(C)(C)C)C(C)(C)S(C)(=O)=O. The number of nitrogens with one attached hydrogen (secondary N) is 3. The van der Waals surface area contributed by atoms with Gasteiger partial charge in [-0.3, -0.25) is 24.2 Å². The van der Waals surface area contributed by atoms with Gasteiger partial charge in [0.05, 0.1) is 29.5 Å². The van der Waals surface area contributed by atoms with Crippen LogP contribution in [0.4, 0.5) is 0 Å². The van der Waals surface area contributed by atoms with E-state index in [-0.39, 0.29) is 25.4 Å². The minimum absolute atomic E-state index is 0.0157. The van der Waals surface area contributed by atoms with E-state index in [9.17, 15) is 27.9 Å². The standard InChI is InChI=1S/C36H61N5O6S/c1-9-40(10-2)24-31(43)38-32(36(6,7)48(8,46)47)34(45)37-28(20-25-16-12-11-13-17-25)30(42)23-41-22-27-19-15-14-18-26(27)21-29(41)33(44)39-35(3,4)5/h11-13,16-17,26-30,32,42H,9-10,14-15,18-24H2,1-8H3,(H,37,45)(H,38,43)(H,39,44)/t26-,27+,28-,29-,30+,32+/m0/s1. The predicted molar refractivity (Wildman–Crippen MR) is 190 cm³/mol. The first-order valence-corrected chi connectivity index (χ1v) is 19.5. The van der Waals surface area contributed by atoms with Crippen molar-refractivity contribution in [3.8, 4) is 0 Å². The molecule has 1 saturated heterocycles. The molecule has 1 aromatic carbocycles. The van der Waals surface area contributed by atoms with Crippen LogP contribution in [0, 0.1) is 11.8 Å². The van der Waals surface area contributed by atoms with Crippen molar-refractivity contribution in [2.24, 2.45) is 11.8 Å². The second-order valence-corrected chi connectivity index (χ2v) is 18.1. The Labute approximate surface area is 288 Å². The minimum Gasteiger partial charge on any atom is -0.390 e.